The molecule has 0 bridgehead atoms. The van der Waals surface area contributed by atoms with E-state index in [4.69, 9.17) is 0 Å². The van der Waals surface area contributed by atoms with Gasteiger partial charge in [0.2, 0.25) is 5.91 Å². The summed E-state index contributed by atoms with van der Waals surface area (Å²) in [5, 5.41) is 6.35. The first-order valence-corrected chi connectivity index (χ1v) is 7.72. The normalized spacial score (nSPS) is 17.4. The van der Waals surface area contributed by atoms with E-state index in [0.29, 0.717) is 12.6 Å². The monoisotopic (exact) mass is 324 g/mol. The van der Waals surface area contributed by atoms with Crippen molar-refractivity contribution in [2.24, 2.45) is 0 Å². The van der Waals surface area contributed by atoms with Gasteiger partial charge in [0.1, 0.15) is 0 Å². The largest absolute Gasteiger partial charge is 0.352 e. The van der Waals surface area contributed by atoms with E-state index in [9.17, 15) is 4.79 Å². The average molecular weight is 325 g/mol. The Morgan fingerprint density at radius 2 is 2.16 bits per heavy atom. The second-order valence-corrected chi connectivity index (χ2v) is 6.12. The lowest BCUT2D eigenvalue weighted by Gasteiger charge is -2.16. The number of halogens is 1. The van der Waals surface area contributed by atoms with E-state index in [1.54, 1.807) is 0 Å². The van der Waals surface area contributed by atoms with Gasteiger partial charge in [-0.2, -0.15) is 0 Å². The summed E-state index contributed by atoms with van der Waals surface area (Å²) in [5.74, 6) is 0.105. The number of hydrogen-bond donors (Lipinski definition) is 2. The van der Waals surface area contributed by atoms with Crippen LogP contribution < -0.4 is 10.6 Å². The second kappa shape index (κ2) is 7.06. The van der Waals surface area contributed by atoms with Gasteiger partial charge >= 0.3 is 0 Å². The first-order valence-electron chi connectivity index (χ1n) is 6.93. The predicted octanol–water partition coefficient (Wildman–Crippen LogP) is 3.16. The standard InChI is InChI=1S/C15H21BrN2O/c1-11(12-5-4-6-13(16)9-12)17-10-15(19)18-14-7-2-3-8-14/h4-6,9,11,14,17H,2-3,7-8,10H2,1H3,(H,18,19). The van der Waals surface area contributed by atoms with Gasteiger partial charge in [0.25, 0.3) is 0 Å². The van der Waals surface area contributed by atoms with Gasteiger partial charge in [0, 0.05) is 16.6 Å². The molecule has 1 aromatic carbocycles. The smallest absolute Gasteiger partial charge is 0.234 e. The molecule has 2 rings (SSSR count). The molecular formula is C15H21BrN2O. The minimum absolute atomic E-state index is 0.105. The van der Waals surface area contributed by atoms with Crippen molar-refractivity contribution >= 4 is 21.8 Å². The Morgan fingerprint density at radius 1 is 1.42 bits per heavy atom. The molecule has 1 aliphatic carbocycles. The summed E-state index contributed by atoms with van der Waals surface area (Å²) in [6.45, 7) is 2.45. The minimum atomic E-state index is 0.105. The molecule has 1 atom stereocenters. The molecule has 104 valence electrons. The molecule has 1 aliphatic rings. The van der Waals surface area contributed by atoms with Crippen LogP contribution in [-0.2, 0) is 4.79 Å². The zero-order valence-electron chi connectivity index (χ0n) is 11.3. The van der Waals surface area contributed by atoms with Crippen LogP contribution in [0, 0.1) is 0 Å². The Bertz CT molecular complexity index is 430. The fourth-order valence-electron chi connectivity index (χ4n) is 2.49. The molecular weight excluding hydrogens is 304 g/mol. The third-order valence-corrected chi connectivity index (χ3v) is 4.13. The van der Waals surface area contributed by atoms with Crippen LogP contribution in [0.1, 0.15) is 44.2 Å². The van der Waals surface area contributed by atoms with Crippen LogP contribution in [0.15, 0.2) is 28.7 Å². The van der Waals surface area contributed by atoms with Crippen molar-refractivity contribution in [1.82, 2.24) is 10.6 Å². The number of carbonyl (C=O) groups excluding carboxylic acids is 1. The fourth-order valence-corrected chi connectivity index (χ4v) is 2.91. The molecule has 0 spiro atoms. The molecule has 1 unspecified atom stereocenters. The predicted molar refractivity (Wildman–Crippen MR) is 81.0 cm³/mol. The molecule has 1 saturated carbocycles. The van der Waals surface area contributed by atoms with Gasteiger partial charge in [-0.3, -0.25) is 4.79 Å². The van der Waals surface area contributed by atoms with Crippen LogP contribution in [0.5, 0.6) is 0 Å². The molecule has 1 amide bonds. The molecule has 0 radical (unpaired) electrons. The van der Waals surface area contributed by atoms with E-state index in [2.05, 4.69) is 45.6 Å². The SMILES string of the molecule is CC(NCC(=O)NC1CCCC1)c1cccc(Br)c1. The Balaban J connectivity index is 1.76. The summed E-state index contributed by atoms with van der Waals surface area (Å²) in [6.07, 6.45) is 4.75. The number of benzene rings is 1. The zero-order chi connectivity index (χ0) is 13.7. The van der Waals surface area contributed by atoms with Gasteiger partial charge in [0.15, 0.2) is 0 Å². The van der Waals surface area contributed by atoms with Crippen molar-refractivity contribution in [3.63, 3.8) is 0 Å². The third kappa shape index (κ3) is 4.62. The van der Waals surface area contributed by atoms with Crippen molar-refractivity contribution in [3.8, 4) is 0 Å². The lowest BCUT2D eigenvalue weighted by molar-refractivity contribution is -0.121. The van der Waals surface area contributed by atoms with Gasteiger partial charge in [-0.1, -0.05) is 40.9 Å². The lowest BCUT2D eigenvalue weighted by Crippen LogP contribution is -2.39. The fraction of sp³-hybridized carbons (Fsp3) is 0.533. The van der Waals surface area contributed by atoms with Gasteiger partial charge in [-0.05, 0) is 37.5 Å². The van der Waals surface area contributed by atoms with Crippen LogP contribution in [0.3, 0.4) is 0 Å². The van der Waals surface area contributed by atoms with E-state index in [-0.39, 0.29) is 11.9 Å². The highest BCUT2D eigenvalue weighted by Crippen LogP contribution is 2.18. The topological polar surface area (TPSA) is 41.1 Å². The van der Waals surface area contributed by atoms with Crippen molar-refractivity contribution in [1.29, 1.82) is 0 Å². The van der Waals surface area contributed by atoms with E-state index < -0.39 is 0 Å². The maximum Gasteiger partial charge on any atom is 0.234 e. The third-order valence-electron chi connectivity index (χ3n) is 3.64. The highest BCUT2D eigenvalue weighted by atomic mass is 79.9. The van der Waals surface area contributed by atoms with E-state index in [0.717, 1.165) is 17.3 Å². The Kier molecular flexibility index (Phi) is 5.40. The number of carbonyl (C=O) groups is 1. The highest BCUT2D eigenvalue weighted by Gasteiger charge is 2.17. The van der Waals surface area contributed by atoms with Crippen molar-refractivity contribution in [2.75, 3.05) is 6.54 Å². The van der Waals surface area contributed by atoms with Crippen molar-refractivity contribution < 1.29 is 4.79 Å². The Labute approximate surface area is 123 Å². The van der Waals surface area contributed by atoms with Crippen molar-refractivity contribution in [3.05, 3.63) is 34.3 Å². The molecule has 0 aliphatic heterocycles. The summed E-state index contributed by atoms with van der Waals surface area (Å²) < 4.78 is 1.06. The Morgan fingerprint density at radius 3 is 2.84 bits per heavy atom. The first-order chi connectivity index (χ1) is 9.15. The molecule has 0 heterocycles. The van der Waals surface area contributed by atoms with E-state index in [1.807, 2.05) is 12.1 Å². The molecule has 19 heavy (non-hydrogen) atoms. The summed E-state index contributed by atoms with van der Waals surface area (Å²) in [6, 6.07) is 8.73. The highest BCUT2D eigenvalue weighted by molar-refractivity contribution is 9.10. The average Bonchev–Trinajstić information content (AvgIpc) is 2.88. The van der Waals surface area contributed by atoms with E-state index in [1.165, 1.54) is 18.4 Å². The maximum absolute atomic E-state index is 11.8. The van der Waals surface area contributed by atoms with Gasteiger partial charge in [-0.15, -0.1) is 0 Å². The van der Waals surface area contributed by atoms with Crippen LogP contribution in [0.25, 0.3) is 0 Å². The summed E-state index contributed by atoms with van der Waals surface area (Å²) in [5.41, 5.74) is 1.18. The second-order valence-electron chi connectivity index (χ2n) is 5.21. The lowest BCUT2D eigenvalue weighted by atomic mass is 10.1. The quantitative estimate of drug-likeness (QED) is 0.873. The van der Waals surface area contributed by atoms with Crippen LogP contribution in [0.4, 0.5) is 0 Å². The van der Waals surface area contributed by atoms with Gasteiger partial charge in [0.05, 0.1) is 6.54 Å². The number of nitrogens with one attached hydrogen (secondary N) is 2. The Hall–Kier alpha value is -0.870. The van der Waals surface area contributed by atoms with Crippen LogP contribution >= 0.6 is 15.9 Å². The molecule has 1 fully saturated rings. The zero-order valence-corrected chi connectivity index (χ0v) is 12.9. The molecule has 4 heteroatoms. The van der Waals surface area contributed by atoms with Gasteiger partial charge in [-0.25, -0.2) is 0 Å². The summed E-state index contributed by atoms with van der Waals surface area (Å²) in [4.78, 5) is 11.8. The van der Waals surface area contributed by atoms with Crippen LogP contribution in [-0.4, -0.2) is 18.5 Å². The molecule has 3 nitrogen and oxygen atoms in total. The molecule has 0 aromatic heterocycles. The summed E-state index contributed by atoms with van der Waals surface area (Å²) in [7, 11) is 0. The van der Waals surface area contributed by atoms with E-state index >= 15 is 0 Å². The molecule has 2 N–H and O–H groups in total. The number of hydrogen-bond acceptors (Lipinski definition) is 2. The number of rotatable bonds is 5. The first kappa shape index (κ1) is 14.5. The molecule has 1 aromatic rings. The number of amides is 1. The van der Waals surface area contributed by atoms with Crippen molar-refractivity contribution in [2.45, 2.75) is 44.7 Å². The minimum Gasteiger partial charge on any atom is -0.352 e. The maximum atomic E-state index is 11.8. The van der Waals surface area contributed by atoms with Crippen LogP contribution in [0.2, 0.25) is 0 Å². The summed E-state index contributed by atoms with van der Waals surface area (Å²) >= 11 is 3.46. The molecule has 0 saturated heterocycles. The van der Waals surface area contributed by atoms with Gasteiger partial charge < -0.3 is 10.6 Å².